The first-order valence-electron chi connectivity index (χ1n) is 7.95. The van der Waals surface area contributed by atoms with Gasteiger partial charge in [-0.15, -0.1) is 0 Å². The van der Waals surface area contributed by atoms with Gasteiger partial charge in [0.25, 0.3) is 5.91 Å². The summed E-state index contributed by atoms with van der Waals surface area (Å²) >= 11 is 0. The number of methoxy groups -OCH3 is 1. The van der Waals surface area contributed by atoms with Gasteiger partial charge in [0.05, 0.1) is 32.3 Å². The molecule has 1 aromatic rings. The average molecular weight is 303 g/mol. The lowest BCUT2D eigenvalue weighted by Crippen LogP contribution is -3.18. The molecule has 1 aromatic carbocycles. The molecule has 0 spiro atoms. The first kappa shape index (κ1) is 15.0. The summed E-state index contributed by atoms with van der Waals surface area (Å²) in [5.41, 5.74) is 0.641. The minimum Gasteiger partial charge on any atom is -0.497 e. The van der Waals surface area contributed by atoms with E-state index in [-0.39, 0.29) is 17.9 Å². The first-order valence-corrected chi connectivity index (χ1v) is 7.95. The molecule has 0 aromatic heterocycles. The number of nitrogens with one attached hydrogen (secondary N) is 1. The largest absolute Gasteiger partial charge is 0.497 e. The fourth-order valence-corrected chi connectivity index (χ4v) is 3.60. The van der Waals surface area contributed by atoms with E-state index < -0.39 is 0 Å². The highest BCUT2D eigenvalue weighted by molar-refractivity contribution is 6.21. The monoisotopic (exact) mass is 303 g/mol. The Morgan fingerprint density at radius 2 is 1.95 bits per heavy atom. The highest BCUT2D eigenvalue weighted by Crippen LogP contribution is 2.24. The third-order valence-electron chi connectivity index (χ3n) is 4.78. The molecule has 118 valence electrons. The van der Waals surface area contributed by atoms with Crippen LogP contribution in [0.5, 0.6) is 5.75 Å². The fourth-order valence-electron chi connectivity index (χ4n) is 3.60. The van der Waals surface area contributed by atoms with Gasteiger partial charge in [-0.3, -0.25) is 9.59 Å². The lowest BCUT2D eigenvalue weighted by atomic mass is 9.98. The third-order valence-corrected chi connectivity index (χ3v) is 4.78. The molecule has 0 radical (unpaired) electrons. The number of piperidine rings is 1. The van der Waals surface area contributed by atoms with Gasteiger partial charge in [0.1, 0.15) is 5.75 Å². The minimum atomic E-state index is -0.211. The van der Waals surface area contributed by atoms with Gasteiger partial charge in [0.2, 0.25) is 5.91 Å². The van der Waals surface area contributed by atoms with Crippen LogP contribution in [-0.4, -0.2) is 38.1 Å². The minimum absolute atomic E-state index is 0.0562. The van der Waals surface area contributed by atoms with Gasteiger partial charge < -0.3 is 9.64 Å². The summed E-state index contributed by atoms with van der Waals surface area (Å²) in [5.74, 6) is 1.20. The van der Waals surface area contributed by atoms with Crippen molar-refractivity contribution in [1.29, 1.82) is 0 Å². The van der Waals surface area contributed by atoms with Crippen LogP contribution < -0.4 is 14.5 Å². The smallest absolute Gasteiger partial charge is 0.292 e. The van der Waals surface area contributed by atoms with Gasteiger partial charge >= 0.3 is 0 Å². The van der Waals surface area contributed by atoms with Crippen molar-refractivity contribution < 1.29 is 19.2 Å². The molecular weight excluding hydrogens is 280 g/mol. The molecule has 2 saturated heterocycles. The van der Waals surface area contributed by atoms with E-state index in [4.69, 9.17) is 4.74 Å². The number of carbonyl (C=O) groups is 2. The van der Waals surface area contributed by atoms with E-state index in [1.807, 2.05) is 0 Å². The maximum atomic E-state index is 12.7. The van der Waals surface area contributed by atoms with Gasteiger partial charge in [-0.05, 0) is 37.1 Å². The Hall–Kier alpha value is -1.88. The Kier molecular flexibility index (Phi) is 4.16. The summed E-state index contributed by atoms with van der Waals surface area (Å²) in [7, 11) is 1.60. The van der Waals surface area contributed by atoms with Gasteiger partial charge in [-0.25, -0.2) is 4.90 Å². The molecule has 0 aliphatic carbocycles. The Bertz CT molecular complexity index is 570. The predicted molar refractivity (Wildman–Crippen MR) is 83.0 cm³/mol. The van der Waals surface area contributed by atoms with Crippen LogP contribution in [0.2, 0.25) is 0 Å². The van der Waals surface area contributed by atoms with Crippen LogP contribution in [0.3, 0.4) is 0 Å². The number of ether oxygens (including phenoxy) is 1. The Morgan fingerprint density at radius 1 is 1.23 bits per heavy atom. The molecule has 2 aliphatic rings. The fraction of sp³-hybridized carbons (Fsp3) is 0.529. The second-order valence-electron chi connectivity index (χ2n) is 6.38. The zero-order valence-corrected chi connectivity index (χ0v) is 13.2. The van der Waals surface area contributed by atoms with E-state index in [1.165, 1.54) is 16.2 Å². The standard InChI is InChI=1S/C17H22N2O3/c1-12-4-3-9-18(11-12)15-10-16(20)19(17(15)21)13-5-7-14(22-2)8-6-13/h5-8,12,15H,3-4,9-11H2,1-2H3/p+1/t12-,15-/m1/s1. The molecule has 5 heteroatoms. The van der Waals surface area contributed by atoms with Gasteiger partial charge in [0, 0.05) is 5.92 Å². The average Bonchev–Trinajstić information content (AvgIpc) is 2.82. The SMILES string of the molecule is COc1ccc(N2C(=O)C[C@@H]([NH+]3CCC[C@@H](C)C3)C2=O)cc1. The second kappa shape index (κ2) is 6.08. The molecule has 2 fully saturated rings. The molecular formula is C17H23N2O3+. The van der Waals surface area contributed by atoms with Crippen molar-refractivity contribution in [3.05, 3.63) is 24.3 Å². The number of amides is 2. The molecule has 22 heavy (non-hydrogen) atoms. The number of imide groups is 1. The molecule has 2 aliphatic heterocycles. The van der Waals surface area contributed by atoms with E-state index in [1.54, 1.807) is 31.4 Å². The van der Waals surface area contributed by atoms with Crippen LogP contribution in [0.1, 0.15) is 26.2 Å². The molecule has 0 bridgehead atoms. The van der Waals surface area contributed by atoms with Crippen molar-refractivity contribution in [1.82, 2.24) is 0 Å². The van der Waals surface area contributed by atoms with Crippen LogP contribution in [0.4, 0.5) is 5.69 Å². The Balaban J connectivity index is 1.78. The maximum absolute atomic E-state index is 12.7. The van der Waals surface area contributed by atoms with Crippen molar-refractivity contribution in [3.63, 3.8) is 0 Å². The van der Waals surface area contributed by atoms with E-state index in [9.17, 15) is 9.59 Å². The van der Waals surface area contributed by atoms with E-state index in [2.05, 4.69) is 6.92 Å². The van der Waals surface area contributed by atoms with Gasteiger partial charge in [0.15, 0.2) is 6.04 Å². The number of quaternary nitrogens is 1. The number of hydrogen-bond donors (Lipinski definition) is 1. The maximum Gasteiger partial charge on any atom is 0.292 e. The lowest BCUT2D eigenvalue weighted by Gasteiger charge is -2.31. The topological polar surface area (TPSA) is 51.0 Å². The van der Waals surface area contributed by atoms with Gasteiger partial charge in [-0.2, -0.15) is 0 Å². The van der Waals surface area contributed by atoms with E-state index in [0.717, 1.165) is 25.3 Å². The van der Waals surface area contributed by atoms with Crippen molar-refractivity contribution in [2.75, 3.05) is 25.1 Å². The summed E-state index contributed by atoms with van der Waals surface area (Å²) in [5, 5.41) is 0. The molecule has 0 saturated carbocycles. The number of benzene rings is 1. The van der Waals surface area contributed by atoms with E-state index in [0.29, 0.717) is 18.0 Å². The molecule has 1 unspecified atom stereocenters. The summed E-state index contributed by atoms with van der Waals surface area (Å²) in [4.78, 5) is 27.7. The molecule has 2 heterocycles. The molecule has 3 rings (SSSR count). The third kappa shape index (κ3) is 2.73. The number of likely N-dealkylation sites (tertiary alicyclic amines) is 1. The molecule has 1 N–H and O–H groups in total. The van der Waals surface area contributed by atoms with E-state index >= 15 is 0 Å². The molecule has 3 atom stereocenters. The Labute approximate surface area is 130 Å². The predicted octanol–water partition coefficient (Wildman–Crippen LogP) is 0.642. The number of carbonyl (C=O) groups excluding carboxylic acids is 2. The zero-order chi connectivity index (χ0) is 15.7. The van der Waals surface area contributed by atoms with Crippen LogP contribution in [0.15, 0.2) is 24.3 Å². The van der Waals surface area contributed by atoms with Crippen LogP contribution in [-0.2, 0) is 9.59 Å². The number of nitrogens with zero attached hydrogens (tertiary/aromatic N) is 1. The normalized spacial score (nSPS) is 29.0. The summed E-state index contributed by atoms with van der Waals surface area (Å²) in [6, 6.07) is 6.88. The van der Waals surface area contributed by atoms with Crippen molar-refractivity contribution >= 4 is 17.5 Å². The summed E-state index contributed by atoms with van der Waals surface area (Å²) < 4.78 is 5.12. The highest BCUT2D eigenvalue weighted by Gasteiger charge is 2.46. The Morgan fingerprint density at radius 3 is 2.59 bits per heavy atom. The van der Waals surface area contributed by atoms with Crippen molar-refractivity contribution in [2.24, 2.45) is 5.92 Å². The summed E-state index contributed by atoms with van der Waals surface area (Å²) in [6.45, 7) is 4.20. The number of anilines is 1. The van der Waals surface area contributed by atoms with Gasteiger partial charge in [-0.1, -0.05) is 6.92 Å². The summed E-state index contributed by atoms with van der Waals surface area (Å²) in [6.07, 6.45) is 2.68. The van der Waals surface area contributed by atoms with Crippen LogP contribution in [0, 0.1) is 5.92 Å². The second-order valence-corrected chi connectivity index (χ2v) is 6.38. The quantitative estimate of drug-likeness (QED) is 0.834. The van der Waals surface area contributed by atoms with Crippen LogP contribution >= 0.6 is 0 Å². The zero-order valence-electron chi connectivity index (χ0n) is 13.2. The van der Waals surface area contributed by atoms with Crippen molar-refractivity contribution in [2.45, 2.75) is 32.2 Å². The molecule has 5 nitrogen and oxygen atoms in total. The number of rotatable bonds is 3. The van der Waals surface area contributed by atoms with Crippen LogP contribution in [0.25, 0.3) is 0 Å². The highest BCUT2D eigenvalue weighted by atomic mass is 16.5. The lowest BCUT2D eigenvalue weighted by molar-refractivity contribution is -0.923. The number of hydrogen-bond acceptors (Lipinski definition) is 3. The van der Waals surface area contributed by atoms with Crippen molar-refractivity contribution in [3.8, 4) is 5.75 Å². The first-order chi connectivity index (χ1) is 10.6. The molecule has 2 amide bonds.